The zero-order valence-corrected chi connectivity index (χ0v) is 14.4. The lowest BCUT2D eigenvalue weighted by molar-refractivity contribution is -0.153. The van der Waals surface area contributed by atoms with Crippen LogP contribution >= 0.6 is 11.8 Å². The van der Waals surface area contributed by atoms with Gasteiger partial charge < -0.3 is 19.3 Å². The number of amides is 1. The summed E-state index contributed by atoms with van der Waals surface area (Å²) in [7, 11) is 0. The van der Waals surface area contributed by atoms with E-state index >= 15 is 0 Å². The van der Waals surface area contributed by atoms with Crippen molar-refractivity contribution in [3.8, 4) is 0 Å². The molecule has 0 saturated carbocycles. The SMILES string of the molecule is C=CCOC(=O)C1(C[C@@H](C)n2cccc2)CN2C(=O)[C@H](CO)[C@H]2S1. The highest BCUT2D eigenvalue weighted by Gasteiger charge is 2.62. The summed E-state index contributed by atoms with van der Waals surface area (Å²) in [6.07, 6.45) is 6.02. The van der Waals surface area contributed by atoms with Crippen LogP contribution in [0.2, 0.25) is 0 Å². The lowest BCUT2D eigenvalue weighted by Gasteiger charge is -2.40. The van der Waals surface area contributed by atoms with E-state index in [1.807, 2.05) is 36.0 Å². The van der Waals surface area contributed by atoms with Crippen LogP contribution in [0.3, 0.4) is 0 Å². The second-order valence-corrected chi connectivity index (χ2v) is 7.83. The van der Waals surface area contributed by atoms with Crippen molar-refractivity contribution >= 4 is 23.6 Å². The van der Waals surface area contributed by atoms with E-state index in [0.717, 1.165) is 0 Å². The van der Waals surface area contributed by atoms with Crippen molar-refractivity contribution < 1.29 is 19.4 Å². The van der Waals surface area contributed by atoms with Gasteiger partial charge in [-0.3, -0.25) is 9.59 Å². The monoisotopic (exact) mass is 350 g/mol. The number of carbonyl (C=O) groups excluding carboxylic acids is 2. The summed E-state index contributed by atoms with van der Waals surface area (Å²) < 4.78 is 6.57. The molecule has 1 amide bonds. The molecule has 0 bridgehead atoms. The van der Waals surface area contributed by atoms with Gasteiger partial charge in [0.05, 0.1) is 17.9 Å². The number of nitrogens with zero attached hydrogens (tertiary/aromatic N) is 2. The summed E-state index contributed by atoms with van der Waals surface area (Å²) in [6, 6.07) is 3.98. The normalized spacial score (nSPS) is 29.8. The minimum Gasteiger partial charge on any atom is -0.460 e. The molecule has 7 heteroatoms. The number of aromatic nitrogens is 1. The molecule has 3 rings (SSSR count). The number of thioether (sulfide) groups is 1. The van der Waals surface area contributed by atoms with Gasteiger partial charge in [-0.25, -0.2) is 0 Å². The van der Waals surface area contributed by atoms with Crippen LogP contribution in [0.25, 0.3) is 0 Å². The van der Waals surface area contributed by atoms with E-state index in [9.17, 15) is 14.7 Å². The van der Waals surface area contributed by atoms with E-state index in [-0.39, 0.29) is 36.5 Å². The van der Waals surface area contributed by atoms with Gasteiger partial charge in [-0.2, -0.15) is 0 Å². The number of aliphatic hydroxyl groups excluding tert-OH is 1. The van der Waals surface area contributed by atoms with Gasteiger partial charge in [0.1, 0.15) is 11.4 Å². The molecule has 2 fully saturated rings. The van der Waals surface area contributed by atoms with Crippen molar-refractivity contribution in [2.45, 2.75) is 29.5 Å². The zero-order chi connectivity index (χ0) is 17.3. The third kappa shape index (κ3) is 2.75. The standard InChI is InChI=1S/C17H22N2O4S/c1-3-8-23-16(22)17(9-12(2)18-6-4-5-7-18)11-19-14(21)13(10-20)15(19)24-17/h3-7,12-13,15,20H,1,8-11H2,2H3/t12-,13+,15-,17?/m1/s1. The summed E-state index contributed by atoms with van der Waals surface area (Å²) in [5, 5.41) is 9.25. The number of esters is 1. The fourth-order valence-corrected chi connectivity index (χ4v) is 5.26. The van der Waals surface area contributed by atoms with Gasteiger partial charge in [0.2, 0.25) is 5.91 Å². The molecule has 0 aromatic carbocycles. The van der Waals surface area contributed by atoms with Gasteiger partial charge in [0.15, 0.2) is 0 Å². The quantitative estimate of drug-likeness (QED) is 0.458. The number of rotatable bonds is 7. The summed E-state index contributed by atoms with van der Waals surface area (Å²) in [4.78, 5) is 26.5. The van der Waals surface area contributed by atoms with Crippen LogP contribution in [0.1, 0.15) is 19.4 Å². The van der Waals surface area contributed by atoms with Gasteiger partial charge in [0, 0.05) is 25.0 Å². The lowest BCUT2D eigenvalue weighted by atomic mass is 9.94. The van der Waals surface area contributed by atoms with Crippen molar-refractivity contribution in [1.82, 2.24) is 9.47 Å². The third-order valence-corrected chi connectivity index (χ3v) is 6.42. The Morgan fingerprint density at radius 2 is 2.29 bits per heavy atom. The van der Waals surface area contributed by atoms with Crippen LogP contribution in [0, 0.1) is 5.92 Å². The second-order valence-electron chi connectivity index (χ2n) is 6.33. The van der Waals surface area contributed by atoms with Crippen LogP contribution in [0.5, 0.6) is 0 Å². The van der Waals surface area contributed by atoms with Crippen LogP contribution in [0.4, 0.5) is 0 Å². The Hall–Kier alpha value is -1.73. The largest absolute Gasteiger partial charge is 0.460 e. The fourth-order valence-electron chi connectivity index (χ4n) is 3.42. The summed E-state index contributed by atoms with van der Waals surface area (Å²) in [5.41, 5.74) is 0. The molecule has 2 saturated heterocycles. The highest BCUT2D eigenvalue weighted by atomic mass is 32.2. The molecule has 1 aromatic rings. The number of hydrogen-bond acceptors (Lipinski definition) is 5. The predicted octanol–water partition coefficient (Wildman–Crippen LogP) is 1.43. The number of carbonyl (C=O) groups is 2. The van der Waals surface area contributed by atoms with Gasteiger partial charge in [-0.15, -0.1) is 11.8 Å². The van der Waals surface area contributed by atoms with E-state index in [4.69, 9.17) is 4.74 Å². The maximum Gasteiger partial charge on any atom is 0.324 e. The average Bonchev–Trinajstić information content (AvgIpc) is 3.21. The topological polar surface area (TPSA) is 71.8 Å². The Balaban J connectivity index is 1.81. The molecule has 24 heavy (non-hydrogen) atoms. The first-order chi connectivity index (χ1) is 11.5. The van der Waals surface area contributed by atoms with Crippen LogP contribution in [0.15, 0.2) is 37.2 Å². The van der Waals surface area contributed by atoms with E-state index < -0.39 is 10.7 Å². The Labute approximate surface area is 145 Å². The van der Waals surface area contributed by atoms with Crippen LogP contribution in [-0.2, 0) is 14.3 Å². The van der Waals surface area contributed by atoms with Crippen molar-refractivity contribution in [3.63, 3.8) is 0 Å². The maximum atomic E-state index is 12.8. The Morgan fingerprint density at radius 3 is 2.92 bits per heavy atom. The molecule has 6 nitrogen and oxygen atoms in total. The zero-order valence-electron chi connectivity index (χ0n) is 13.6. The van der Waals surface area contributed by atoms with Gasteiger partial charge in [-0.1, -0.05) is 12.7 Å². The average molecular weight is 350 g/mol. The minimum atomic E-state index is -0.809. The number of hydrogen-bond donors (Lipinski definition) is 1. The van der Waals surface area contributed by atoms with E-state index in [2.05, 4.69) is 6.58 Å². The van der Waals surface area contributed by atoms with Crippen LogP contribution in [-0.4, -0.2) is 56.3 Å². The van der Waals surface area contributed by atoms with Crippen molar-refractivity contribution in [2.24, 2.45) is 5.92 Å². The van der Waals surface area contributed by atoms with E-state index in [1.165, 1.54) is 17.8 Å². The number of aliphatic hydroxyl groups is 1. The molecule has 130 valence electrons. The molecular formula is C17H22N2O4S. The van der Waals surface area contributed by atoms with Crippen molar-refractivity contribution in [2.75, 3.05) is 19.8 Å². The highest BCUT2D eigenvalue weighted by molar-refractivity contribution is 8.02. The Morgan fingerprint density at radius 1 is 1.58 bits per heavy atom. The van der Waals surface area contributed by atoms with Gasteiger partial charge >= 0.3 is 5.97 Å². The molecule has 1 unspecified atom stereocenters. The van der Waals surface area contributed by atoms with Crippen molar-refractivity contribution in [3.05, 3.63) is 37.2 Å². The fraction of sp³-hybridized carbons (Fsp3) is 0.529. The van der Waals surface area contributed by atoms with Gasteiger partial charge in [0.25, 0.3) is 0 Å². The first kappa shape index (κ1) is 17.1. The predicted molar refractivity (Wildman–Crippen MR) is 91.3 cm³/mol. The molecule has 0 radical (unpaired) electrons. The Kier molecular flexibility index (Phi) is 4.73. The smallest absolute Gasteiger partial charge is 0.324 e. The summed E-state index contributed by atoms with van der Waals surface area (Å²) in [6.45, 7) is 5.93. The number of ether oxygens (including phenoxy) is 1. The summed E-state index contributed by atoms with van der Waals surface area (Å²) in [5.74, 6) is -0.807. The number of fused-ring (bicyclic) bond motifs is 1. The molecule has 1 aromatic heterocycles. The first-order valence-corrected chi connectivity index (χ1v) is 8.90. The molecule has 1 N–H and O–H groups in total. The minimum absolute atomic E-state index is 0.0815. The maximum absolute atomic E-state index is 12.8. The number of β-lactam (4-membered cyclic amide) rings is 1. The molecule has 0 spiro atoms. The summed E-state index contributed by atoms with van der Waals surface area (Å²) >= 11 is 1.45. The van der Waals surface area contributed by atoms with Crippen molar-refractivity contribution in [1.29, 1.82) is 0 Å². The van der Waals surface area contributed by atoms with Crippen LogP contribution < -0.4 is 0 Å². The molecule has 2 aliphatic heterocycles. The molecule has 2 aliphatic rings. The first-order valence-electron chi connectivity index (χ1n) is 8.02. The molecule has 3 heterocycles. The lowest BCUT2D eigenvalue weighted by Crippen LogP contribution is -2.58. The van der Waals surface area contributed by atoms with E-state index in [0.29, 0.717) is 13.0 Å². The molecule has 4 atom stereocenters. The molecular weight excluding hydrogens is 328 g/mol. The second kappa shape index (κ2) is 6.64. The Bertz CT molecular complexity index is 633. The highest BCUT2D eigenvalue weighted by Crippen LogP contribution is 2.52. The van der Waals surface area contributed by atoms with Gasteiger partial charge in [-0.05, 0) is 25.5 Å². The van der Waals surface area contributed by atoms with E-state index in [1.54, 1.807) is 4.90 Å². The third-order valence-electron chi connectivity index (χ3n) is 4.69. The molecule has 0 aliphatic carbocycles.